The molecular formula is C35H39F3INO4SSi. The SMILES string of the molecule is Cc1ccc(S(=O)(=O)N(/C=C(\C#C[Si](C(C)C)(C(C)C)C(C)C)COC(=O)c2ccccc2I)c2cccc(C(F)(F)F)c2)cc1. The molecule has 246 valence electrons. The molecule has 0 amide bonds. The molecule has 0 aromatic heterocycles. The predicted octanol–water partition coefficient (Wildman–Crippen LogP) is 9.78. The van der Waals surface area contributed by atoms with Gasteiger partial charge in [0.2, 0.25) is 0 Å². The molecule has 11 heteroatoms. The van der Waals surface area contributed by atoms with Crippen molar-refractivity contribution in [2.75, 3.05) is 10.9 Å². The van der Waals surface area contributed by atoms with Crippen molar-refractivity contribution in [1.82, 2.24) is 0 Å². The molecule has 3 aromatic rings. The first kappa shape index (κ1) is 37.4. The second-order valence-corrected chi connectivity index (χ2v) is 20.6. The first-order valence-electron chi connectivity index (χ1n) is 14.8. The number of benzene rings is 3. The van der Waals surface area contributed by atoms with E-state index in [0.717, 1.165) is 28.1 Å². The van der Waals surface area contributed by atoms with Crippen LogP contribution in [0.25, 0.3) is 0 Å². The average molecular weight is 782 g/mol. The highest BCUT2D eigenvalue weighted by Gasteiger charge is 2.42. The van der Waals surface area contributed by atoms with Crippen molar-refractivity contribution in [3.05, 3.63) is 105 Å². The van der Waals surface area contributed by atoms with E-state index in [0.29, 0.717) is 9.13 Å². The number of alkyl halides is 3. The van der Waals surface area contributed by atoms with Crippen LogP contribution in [-0.2, 0) is 20.9 Å². The molecule has 0 saturated carbocycles. The molecule has 0 fully saturated rings. The van der Waals surface area contributed by atoms with E-state index in [1.807, 2.05) is 22.6 Å². The summed E-state index contributed by atoms with van der Waals surface area (Å²) in [6.45, 7) is 14.1. The molecule has 0 N–H and O–H groups in total. The van der Waals surface area contributed by atoms with Gasteiger partial charge in [-0.3, -0.25) is 0 Å². The Morgan fingerprint density at radius 3 is 2.07 bits per heavy atom. The van der Waals surface area contributed by atoms with Crippen molar-refractivity contribution in [3.8, 4) is 11.5 Å². The third kappa shape index (κ3) is 8.63. The average Bonchev–Trinajstić information content (AvgIpc) is 2.97. The van der Waals surface area contributed by atoms with Gasteiger partial charge in [0, 0.05) is 9.77 Å². The monoisotopic (exact) mass is 781 g/mol. The fraction of sp³-hybridized carbons (Fsp3) is 0.343. The van der Waals surface area contributed by atoms with Gasteiger partial charge in [-0.15, -0.1) is 5.54 Å². The van der Waals surface area contributed by atoms with Gasteiger partial charge in [0.15, 0.2) is 0 Å². The van der Waals surface area contributed by atoms with E-state index in [1.54, 1.807) is 43.3 Å². The zero-order valence-corrected chi connectivity index (χ0v) is 30.9. The van der Waals surface area contributed by atoms with Crippen LogP contribution in [0, 0.1) is 22.0 Å². The summed E-state index contributed by atoms with van der Waals surface area (Å²) < 4.78 is 76.7. The quantitative estimate of drug-likeness (QED) is 0.0890. The number of hydrogen-bond acceptors (Lipinski definition) is 4. The molecule has 3 rings (SSSR count). The molecule has 0 saturated heterocycles. The van der Waals surface area contributed by atoms with Gasteiger partial charge in [-0.2, -0.15) is 13.2 Å². The third-order valence-electron chi connectivity index (χ3n) is 8.04. The van der Waals surface area contributed by atoms with Crippen LogP contribution in [0.1, 0.15) is 63.0 Å². The Labute approximate surface area is 285 Å². The maximum absolute atomic E-state index is 14.1. The van der Waals surface area contributed by atoms with Crippen molar-refractivity contribution in [2.24, 2.45) is 0 Å². The molecule has 0 bridgehead atoms. The number of rotatable bonds is 10. The summed E-state index contributed by atoms with van der Waals surface area (Å²) in [5.41, 5.74) is 4.27. The van der Waals surface area contributed by atoms with Gasteiger partial charge < -0.3 is 4.74 Å². The topological polar surface area (TPSA) is 63.7 Å². The van der Waals surface area contributed by atoms with Gasteiger partial charge in [-0.05, 0) is 88.6 Å². The van der Waals surface area contributed by atoms with Gasteiger partial charge in [-0.1, -0.05) is 83.4 Å². The van der Waals surface area contributed by atoms with E-state index in [-0.39, 0.29) is 32.8 Å². The highest BCUT2D eigenvalue weighted by atomic mass is 127. The van der Waals surface area contributed by atoms with Crippen molar-refractivity contribution >= 4 is 52.3 Å². The van der Waals surface area contributed by atoms with E-state index in [4.69, 9.17) is 4.74 Å². The Morgan fingerprint density at radius 1 is 0.935 bits per heavy atom. The number of nitrogens with zero attached hydrogens (tertiary/aromatic N) is 1. The van der Waals surface area contributed by atoms with Crippen molar-refractivity contribution in [2.45, 2.75) is 76.2 Å². The molecule has 0 spiro atoms. The first-order valence-corrected chi connectivity index (χ1v) is 19.6. The summed E-state index contributed by atoms with van der Waals surface area (Å²) in [5.74, 6) is 2.53. The van der Waals surface area contributed by atoms with Gasteiger partial charge in [0.1, 0.15) is 14.7 Å². The normalized spacial score (nSPS) is 12.7. The maximum atomic E-state index is 14.1. The number of sulfonamides is 1. The molecule has 46 heavy (non-hydrogen) atoms. The Kier molecular flexibility index (Phi) is 12.4. The highest BCUT2D eigenvalue weighted by molar-refractivity contribution is 14.1. The summed E-state index contributed by atoms with van der Waals surface area (Å²) in [7, 11) is -6.80. The Bertz CT molecular complexity index is 1720. The predicted molar refractivity (Wildman–Crippen MR) is 189 cm³/mol. The van der Waals surface area contributed by atoms with E-state index >= 15 is 0 Å². The lowest BCUT2D eigenvalue weighted by atomic mass is 10.2. The second-order valence-electron chi connectivity index (χ2n) is 12.0. The number of carbonyl (C=O) groups is 1. The lowest BCUT2D eigenvalue weighted by molar-refractivity contribution is -0.137. The number of aryl methyl sites for hydroxylation is 1. The minimum atomic E-state index is -4.71. The lowest BCUT2D eigenvalue weighted by Gasteiger charge is -2.38. The summed E-state index contributed by atoms with van der Waals surface area (Å²) >= 11 is 2.02. The standard InChI is InChI=1S/C35H39F3INO4SSi/c1-24(2)46(25(3)4,26(5)6)20-19-28(23-44-34(41)32-13-8-9-14-33(32)39)22-40(30-12-10-11-29(21-30)35(36,37)38)45(42,43)31-17-15-27(7)16-18-31/h8-18,21-22,24-26H,23H2,1-7H3/b28-22+. The van der Waals surface area contributed by atoms with Crippen LogP contribution in [0.2, 0.25) is 16.6 Å². The van der Waals surface area contributed by atoms with Crippen molar-refractivity contribution in [3.63, 3.8) is 0 Å². The molecular weight excluding hydrogens is 742 g/mol. The molecule has 0 aliphatic rings. The summed E-state index contributed by atoms with van der Waals surface area (Å²) in [4.78, 5) is 13.0. The van der Waals surface area contributed by atoms with Crippen LogP contribution in [0.3, 0.4) is 0 Å². The van der Waals surface area contributed by atoms with Gasteiger partial charge >= 0.3 is 12.1 Å². The van der Waals surface area contributed by atoms with Crippen LogP contribution in [0.15, 0.2) is 89.5 Å². The summed E-state index contributed by atoms with van der Waals surface area (Å²) in [6, 6.07) is 17.0. The molecule has 0 radical (unpaired) electrons. The van der Waals surface area contributed by atoms with Crippen molar-refractivity contribution in [1.29, 1.82) is 0 Å². The van der Waals surface area contributed by atoms with E-state index in [2.05, 4.69) is 53.0 Å². The molecule has 3 aromatic carbocycles. The fourth-order valence-electron chi connectivity index (χ4n) is 5.64. The summed E-state index contributed by atoms with van der Waals surface area (Å²) in [5, 5.41) is 0. The fourth-order valence-corrected chi connectivity index (χ4v) is 12.9. The van der Waals surface area contributed by atoms with Crippen LogP contribution < -0.4 is 4.31 Å². The first-order chi connectivity index (χ1) is 21.4. The van der Waals surface area contributed by atoms with Gasteiger partial charge in [0.25, 0.3) is 10.0 Å². The molecule has 0 atom stereocenters. The number of halogens is 4. The smallest absolute Gasteiger partial charge is 0.416 e. The molecule has 0 aliphatic carbocycles. The van der Waals surface area contributed by atoms with Gasteiger partial charge in [-0.25, -0.2) is 17.5 Å². The van der Waals surface area contributed by atoms with E-state index < -0.39 is 42.4 Å². The number of carbonyl (C=O) groups excluding carboxylic acids is 1. The number of esters is 1. The molecule has 0 aliphatic heterocycles. The molecule has 0 heterocycles. The summed E-state index contributed by atoms with van der Waals surface area (Å²) in [6.07, 6.45) is -3.53. The Balaban J connectivity index is 2.29. The minimum Gasteiger partial charge on any atom is -0.456 e. The number of ether oxygens (including phenoxy) is 1. The van der Waals surface area contributed by atoms with E-state index in [9.17, 15) is 26.4 Å². The van der Waals surface area contributed by atoms with Crippen LogP contribution in [0.5, 0.6) is 0 Å². The second kappa shape index (κ2) is 15.2. The van der Waals surface area contributed by atoms with E-state index in [1.165, 1.54) is 24.4 Å². The lowest BCUT2D eigenvalue weighted by Crippen LogP contribution is -2.43. The van der Waals surface area contributed by atoms with Crippen LogP contribution in [-0.4, -0.2) is 29.1 Å². The number of hydrogen-bond donors (Lipinski definition) is 0. The molecule has 5 nitrogen and oxygen atoms in total. The largest absolute Gasteiger partial charge is 0.456 e. The third-order valence-corrected chi connectivity index (χ3v) is 17.0. The minimum absolute atomic E-state index is 0.120. The molecule has 0 unspecified atom stereocenters. The zero-order valence-electron chi connectivity index (χ0n) is 26.9. The highest BCUT2D eigenvalue weighted by Crippen LogP contribution is 2.41. The van der Waals surface area contributed by atoms with Crippen LogP contribution in [0.4, 0.5) is 18.9 Å². The number of anilines is 1. The maximum Gasteiger partial charge on any atom is 0.416 e. The Morgan fingerprint density at radius 2 is 1.52 bits per heavy atom. The zero-order chi connectivity index (χ0) is 34.4. The Hall–Kier alpha value is -3.08. The van der Waals surface area contributed by atoms with Crippen molar-refractivity contribution < 1.29 is 31.1 Å². The van der Waals surface area contributed by atoms with Gasteiger partial charge in [0.05, 0.1) is 27.3 Å². The van der Waals surface area contributed by atoms with Crippen LogP contribution >= 0.6 is 22.6 Å².